The number of alkyl halides is 1. The smallest absolute Gasteiger partial charge is 0.394 e. The Morgan fingerprint density at radius 3 is 2.54 bits per heavy atom. The number of aryl methyl sites for hydroxylation is 1. The van der Waals surface area contributed by atoms with Crippen molar-refractivity contribution in [2.75, 3.05) is 31.6 Å². The van der Waals surface area contributed by atoms with Gasteiger partial charge in [0.05, 0.1) is 6.67 Å². The van der Waals surface area contributed by atoms with Crippen LogP contribution in [0.15, 0.2) is 60.7 Å². The molecule has 214 valence electrons. The maximum Gasteiger partial charge on any atom is 0.394 e. The van der Waals surface area contributed by atoms with E-state index >= 15 is 0 Å². The number of carboxylic acids is 1. The lowest BCUT2D eigenvalue weighted by Crippen LogP contribution is -2.26. The predicted molar refractivity (Wildman–Crippen MR) is 161 cm³/mol. The molecule has 2 aliphatic rings. The van der Waals surface area contributed by atoms with Crippen molar-refractivity contribution in [1.29, 1.82) is 0 Å². The van der Waals surface area contributed by atoms with E-state index in [-0.39, 0.29) is 12.8 Å². The molecule has 0 aromatic heterocycles. The first-order valence-electron chi connectivity index (χ1n) is 13.7. The second kappa shape index (κ2) is 13.1. The Kier molecular flexibility index (Phi) is 9.28. The Morgan fingerprint density at radius 1 is 1.02 bits per heavy atom. The highest BCUT2D eigenvalue weighted by molar-refractivity contribution is 6.37. The van der Waals surface area contributed by atoms with Gasteiger partial charge >= 0.3 is 11.9 Å². The fraction of sp³-hybridized carbons (Fsp3) is 0.312. The second-order valence-corrected chi connectivity index (χ2v) is 11.2. The zero-order valence-electron chi connectivity index (χ0n) is 22.5. The van der Waals surface area contributed by atoms with Gasteiger partial charge in [-0.1, -0.05) is 47.5 Å². The molecule has 9 heteroatoms. The van der Waals surface area contributed by atoms with Gasteiger partial charge in [0.15, 0.2) is 0 Å². The summed E-state index contributed by atoms with van der Waals surface area (Å²) in [6, 6.07) is 19.0. The van der Waals surface area contributed by atoms with E-state index in [0.29, 0.717) is 22.2 Å². The standard InChI is InChI=1S/C32H31Cl2FN2O4/c33-22-7-11-27(29(34)18-22)28-4-1-3-21-17-23(36-31(38)32(39)40)8-12-26(21)30(28)20-5-9-24(10-6-20)41-25-13-16-37(19-25)15-2-14-35/h5-12,17-18,25H,1-4,13-16,19H2,(H,36,38)(H,39,40)/t25-/m0/s1. The number of hydrogen-bond acceptors (Lipinski definition) is 4. The minimum absolute atomic E-state index is 0.0705. The van der Waals surface area contributed by atoms with E-state index in [4.69, 9.17) is 33.0 Å². The number of carboxylic acid groups (broad SMARTS) is 1. The molecule has 1 aliphatic heterocycles. The second-order valence-electron chi connectivity index (χ2n) is 10.4. The number of benzene rings is 3. The summed E-state index contributed by atoms with van der Waals surface area (Å²) in [4.78, 5) is 25.1. The minimum atomic E-state index is -1.53. The first-order chi connectivity index (χ1) is 19.8. The molecule has 3 aromatic rings. The van der Waals surface area contributed by atoms with Crippen molar-refractivity contribution in [1.82, 2.24) is 4.90 Å². The third-order valence-corrected chi connectivity index (χ3v) is 8.09. The SMILES string of the molecule is O=C(O)C(=O)Nc1ccc2c(c1)CCCC(c1ccc(Cl)cc1Cl)=C2c1ccc(O[C@H]2CCN(CCCF)C2)cc1. The molecule has 6 nitrogen and oxygen atoms in total. The number of anilines is 1. The molecule has 0 bridgehead atoms. The molecule has 1 heterocycles. The van der Waals surface area contributed by atoms with Gasteiger partial charge in [-0.2, -0.15) is 0 Å². The summed E-state index contributed by atoms with van der Waals surface area (Å²) in [6.45, 7) is 2.15. The Labute approximate surface area is 248 Å². The molecule has 1 aliphatic carbocycles. The van der Waals surface area contributed by atoms with E-state index in [1.807, 2.05) is 48.5 Å². The molecule has 1 fully saturated rings. The largest absolute Gasteiger partial charge is 0.489 e. The number of amides is 1. The topological polar surface area (TPSA) is 78.9 Å². The summed E-state index contributed by atoms with van der Waals surface area (Å²) in [7, 11) is 0. The van der Waals surface area contributed by atoms with Crippen molar-refractivity contribution in [2.45, 2.75) is 38.2 Å². The number of aliphatic carboxylic acids is 1. The molecule has 1 saturated heterocycles. The van der Waals surface area contributed by atoms with Crippen LogP contribution in [0.2, 0.25) is 10.0 Å². The highest BCUT2D eigenvalue weighted by Gasteiger charge is 2.25. The maximum atomic E-state index is 12.6. The van der Waals surface area contributed by atoms with Crippen LogP contribution in [0.4, 0.5) is 10.1 Å². The number of likely N-dealkylation sites (tertiary alicyclic amines) is 1. The monoisotopic (exact) mass is 596 g/mol. The maximum absolute atomic E-state index is 12.6. The van der Waals surface area contributed by atoms with Gasteiger partial charge < -0.3 is 15.2 Å². The van der Waals surface area contributed by atoms with Crippen molar-refractivity contribution in [3.05, 3.63) is 93.0 Å². The van der Waals surface area contributed by atoms with E-state index in [1.165, 1.54) is 0 Å². The third kappa shape index (κ3) is 6.92. The van der Waals surface area contributed by atoms with E-state index in [0.717, 1.165) is 84.5 Å². The molecule has 2 N–H and O–H groups in total. The quantitative estimate of drug-likeness (QED) is 0.270. The lowest BCUT2D eigenvalue weighted by atomic mass is 9.87. The van der Waals surface area contributed by atoms with Gasteiger partial charge in [0.1, 0.15) is 11.9 Å². The summed E-state index contributed by atoms with van der Waals surface area (Å²) in [6.07, 6.45) is 3.87. The highest BCUT2D eigenvalue weighted by atomic mass is 35.5. The van der Waals surface area contributed by atoms with Crippen LogP contribution in [0.5, 0.6) is 5.75 Å². The Bertz CT molecular complexity index is 1480. The van der Waals surface area contributed by atoms with Crippen LogP contribution in [0.3, 0.4) is 0 Å². The number of halogens is 3. The van der Waals surface area contributed by atoms with E-state index in [2.05, 4.69) is 10.2 Å². The number of ether oxygens (including phenoxy) is 1. The molecule has 1 atom stereocenters. The van der Waals surface area contributed by atoms with Crippen LogP contribution < -0.4 is 10.1 Å². The van der Waals surface area contributed by atoms with Gasteiger partial charge in [0.2, 0.25) is 0 Å². The minimum Gasteiger partial charge on any atom is -0.489 e. The first-order valence-corrected chi connectivity index (χ1v) is 14.5. The van der Waals surface area contributed by atoms with E-state index < -0.39 is 11.9 Å². The summed E-state index contributed by atoms with van der Waals surface area (Å²) in [5, 5.41) is 12.6. The molecular weight excluding hydrogens is 566 g/mol. The van der Waals surface area contributed by atoms with Crippen LogP contribution in [-0.4, -0.2) is 54.3 Å². The lowest BCUT2D eigenvalue weighted by Gasteiger charge is -2.19. The van der Waals surface area contributed by atoms with Gasteiger partial charge in [0.25, 0.3) is 0 Å². The van der Waals surface area contributed by atoms with Gasteiger partial charge in [-0.3, -0.25) is 14.1 Å². The van der Waals surface area contributed by atoms with Crippen LogP contribution in [0, 0.1) is 0 Å². The third-order valence-electron chi connectivity index (χ3n) is 7.54. The Morgan fingerprint density at radius 2 is 1.80 bits per heavy atom. The summed E-state index contributed by atoms with van der Waals surface area (Å²) in [5.41, 5.74) is 6.42. The summed E-state index contributed by atoms with van der Waals surface area (Å²) < 4.78 is 18.8. The fourth-order valence-electron chi connectivity index (χ4n) is 5.66. The molecule has 0 unspecified atom stereocenters. The molecule has 1 amide bonds. The van der Waals surface area contributed by atoms with Gasteiger partial charge in [-0.15, -0.1) is 0 Å². The number of nitrogens with zero attached hydrogens (tertiary/aromatic N) is 1. The Hall–Kier alpha value is -3.39. The normalized spacial score (nSPS) is 17.2. The van der Waals surface area contributed by atoms with Crippen molar-refractivity contribution in [2.24, 2.45) is 0 Å². The summed E-state index contributed by atoms with van der Waals surface area (Å²) >= 11 is 12.9. The molecular formula is C32H31Cl2FN2O4. The Balaban J connectivity index is 1.50. The number of hydrogen-bond donors (Lipinski definition) is 2. The predicted octanol–water partition coefficient (Wildman–Crippen LogP) is 7.12. The lowest BCUT2D eigenvalue weighted by molar-refractivity contribution is -0.147. The molecule has 5 rings (SSSR count). The van der Waals surface area contributed by atoms with Crippen molar-refractivity contribution in [3.8, 4) is 5.75 Å². The average Bonchev–Trinajstić information content (AvgIpc) is 3.31. The van der Waals surface area contributed by atoms with E-state index in [1.54, 1.807) is 12.1 Å². The van der Waals surface area contributed by atoms with Crippen LogP contribution >= 0.6 is 23.2 Å². The van der Waals surface area contributed by atoms with Crippen LogP contribution in [-0.2, 0) is 16.0 Å². The zero-order valence-corrected chi connectivity index (χ0v) is 24.0. The average molecular weight is 598 g/mol. The number of carbonyl (C=O) groups excluding carboxylic acids is 1. The van der Waals surface area contributed by atoms with Crippen molar-refractivity contribution < 1.29 is 23.8 Å². The first kappa shape index (κ1) is 29.1. The molecule has 0 radical (unpaired) electrons. The molecule has 41 heavy (non-hydrogen) atoms. The van der Waals surface area contributed by atoms with Gasteiger partial charge in [-0.05, 0) is 102 Å². The van der Waals surface area contributed by atoms with Crippen LogP contribution in [0.25, 0.3) is 11.1 Å². The van der Waals surface area contributed by atoms with Gasteiger partial charge in [-0.25, -0.2) is 4.79 Å². The summed E-state index contributed by atoms with van der Waals surface area (Å²) in [5.74, 6) is -1.84. The number of carbonyl (C=O) groups is 2. The number of nitrogens with one attached hydrogen (secondary N) is 1. The number of fused-ring (bicyclic) bond motifs is 1. The zero-order chi connectivity index (χ0) is 28.9. The van der Waals surface area contributed by atoms with Crippen molar-refractivity contribution in [3.63, 3.8) is 0 Å². The molecule has 3 aromatic carbocycles. The van der Waals surface area contributed by atoms with Gasteiger partial charge in [0, 0.05) is 35.4 Å². The molecule has 0 spiro atoms. The fourth-order valence-corrected chi connectivity index (χ4v) is 6.18. The number of allylic oxidation sites excluding steroid dienone is 1. The van der Waals surface area contributed by atoms with E-state index in [9.17, 15) is 14.0 Å². The molecule has 0 saturated carbocycles. The highest BCUT2D eigenvalue weighted by Crippen LogP contribution is 2.43. The number of rotatable bonds is 8. The van der Waals surface area contributed by atoms with Crippen LogP contribution in [0.1, 0.15) is 47.9 Å². The van der Waals surface area contributed by atoms with Crippen molar-refractivity contribution >= 4 is 51.9 Å².